The molecular formula is C9H13N3O3. The third-order valence-electron chi connectivity index (χ3n) is 1.81. The molecule has 0 aliphatic carbocycles. The van der Waals surface area contributed by atoms with Crippen LogP contribution in [0, 0.1) is 0 Å². The Kier molecular flexibility index (Phi) is 3.84. The summed E-state index contributed by atoms with van der Waals surface area (Å²) in [4.78, 5) is 21.7. The highest BCUT2D eigenvalue weighted by Gasteiger charge is 2.12. The normalized spacial score (nSPS) is 9.73. The number of hydrogen-bond acceptors (Lipinski definition) is 4. The number of nitrogens with one attached hydrogen (secondary N) is 1. The fourth-order valence-corrected chi connectivity index (χ4v) is 1.07. The zero-order valence-corrected chi connectivity index (χ0v) is 8.69. The molecule has 1 N–H and O–H groups in total. The molecule has 6 heteroatoms. The minimum Gasteiger partial charge on any atom is -0.462 e. The van der Waals surface area contributed by atoms with Gasteiger partial charge in [0.2, 0.25) is 0 Å². The van der Waals surface area contributed by atoms with Crippen LogP contribution in [0.2, 0.25) is 0 Å². The van der Waals surface area contributed by atoms with Gasteiger partial charge in [0, 0.05) is 26.2 Å². The third-order valence-corrected chi connectivity index (χ3v) is 1.81. The van der Waals surface area contributed by atoms with Crippen molar-refractivity contribution >= 4 is 11.9 Å². The SMILES string of the molecule is COC(=O)C(=O)NCCc1ccn(C)n1. The van der Waals surface area contributed by atoms with Crippen LogP contribution < -0.4 is 5.32 Å². The van der Waals surface area contributed by atoms with Crippen molar-refractivity contribution in [3.05, 3.63) is 18.0 Å². The maximum atomic E-state index is 11.0. The van der Waals surface area contributed by atoms with Gasteiger partial charge < -0.3 is 10.1 Å². The van der Waals surface area contributed by atoms with Gasteiger partial charge in [0.05, 0.1) is 12.8 Å². The maximum Gasteiger partial charge on any atom is 0.396 e. The van der Waals surface area contributed by atoms with Crippen LogP contribution in [0.4, 0.5) is 0 Å². The molecule has 6 nitrogen and oxygen atoms in total. The number of nitrogens with zero attached hydrogens (tertiary/aromatic N) is 2. The molecule has 0 saturated heterocycles. The monoisotopic (exact) mass is 211 g/mol. The molecule has 0 atom stereocenters. The van der Waals surface area contributed by atoms with E-state index in [1.165, 1.54) is 7.11 Å². The summed E-state index contributed by atoms with van der Waals surface area (Å²) in [6.45, 7) is 0.366. The van der Waals surface area contributed by atoms with Crippen molar-refractivity contribution in [1.82, 2.24) is 15.1 Å². The van der Waals surface area contributed by atoms with Gasteiger partial charge >= 0.3 is 11.9 Å². The number of amides is 1. The lowest BCUT2D eigenvalue weighted by molar-refractivity contribution is -0.152. The number of carbonyl (C=O) groups excluding carboxylic acids is 2. The average Bonchev–Trinajstić information content (AvgIpc) is 2.63. The van der Waals surface area contributed by atoms with Gasteiger partial charge in [-0.1, -0.05) is 0 Å². The number of carbonyl (C=O) groups is 2. The molecule has 0 fully saturated rings. The largest absolute Gasteiger partial charge is 0.462 e. The molecule has 1 amide bonds. The van der Waals surface area contributed by atoms with Crippen LogP contribution in [0.3, 0.4) is 0 Å². The van der Waals surface area contributed by atoms with Crippen molar-refractivity contribution in [1.29, 1.82) is 0 Å². The van der Waals surface area contributed by atoms with Crippen LogP contribution in [-0.2, 0) is 27.8 Å². The molecule has 0 aliphatic heterocycles. The second-order valence-electron chi connectivity index (χ2n) is 2.98. The average molecular weight is 211 g/mol. The summed E-state index contributed by atoms with van der Waals surface area (Å²) in [5, 5.41) is 6.55. The molecule has 0 spiro atoms. The summed E-state index contributed by atoms with van der Waals surface area (Å²) in [5.41, 5.74) is 0.864. The first-order valence-electron chi connectivity index (χ1n) is 4.48. The first-order valence-corrected chi connectivity index (χ1v) is 4.48. The Balaban J connectivity index is 2.27. The molecule has 15 heavy (non-hydrogen) atoms. The van der Waals surface area contributed by atoms with E-state index in [4.69, 9.17) is 0 Å². The Morgan fingerprint density at radius 3 is 2.87 bits per heavy atom. The van der Waals surface area contributed by atoms with E-state index in [0.717, 1.165) is 5.69 Å². The standard InChI is InChI=1S/C9H13N3O3/c1-12-6-4-7(11-12)3-5-10-8(13)9(14)15-2/h4,6H,3,5H2,1-2H3,(H,10,13). The van der Waals surface area contributed by atoms with Crippen LogP contribution in [0.15, 0.2) is 12.3 Å². The minimum atomic E-state index is -0.879. The zero-order valence-electron chi connectivity index (χ0n) is 8.69. The minimum absolute atomic E-state index is 0.366. The molecule has 1 heterocycles. The number of hydrogen-bond donors (Lipinski definition) is 1. The van der Waals surface area contributed by atoms with Crippen molar-refractivity contribution in [3.8, 4) is 0 Å². The highest BCUT2D eigenvalue weighted by Crippen LogP contribution is 1.93. The summed E-state index contributed by atoms with van der Waals surface area (Å²) in [5.74, 6) is -1.61. The first kappa shape index (κ1) is 11.2. The van der Waals surface area contributed by atoms with E-state index in [2.05, 4.69) is 15.2 Å². The lowest BCUT2D eigenvalue weighted by Crippen LogP contribution is -2.33. The molecule has 1 aromatic heterocycles. The molecule has 0 aliphatic rings. The molecule has 0 radical (unpaired) electrons. The van der Waals surface area contributed by atoms with E-state index in [1.54, 1.807) is 4.68 Å². The summed E-state index contributed by atoms with van der Waals surface area (Å²) >= 11 is 0. The van der Waals surface area contributed by atoms with Crippen molar-refractivity contribution < 1.29 is 14.3 Å². The molecular weight excluding hydrogens is 198 g/mol. The van der Waals surface area contributed by atoms with Crippen LogP contribution in [0.1, 0.15) is 5.69 Å². The van der Waals surface area contributed by atoms with E-state index >= 15 is 0 Å². The predicted octanol–water partition coefficient (Wildman–Crippen LogP) is -0.748. The van der Waals surface area contributed by atoms with Gasteiger partial charge in [0.25, 0.3) is 0 Å². The van der Waals surface area contributed by atoms with E-state index in [-0.39, 0.29) is 0 Å². The maximum absolute atomic E-state index is 11.0. The highest BCUT2D eigenvalue weighted by atomic mass is 16.5. The summed E-state index contributed by atoms with van der Waals surface area (Å²) in [6.07, 6.45) is 2.40. The Morgan fingerprint density at radius 2 is 2.33 bits per heavy atom. The first-order chi connectivity index (χ1) is 7.13. The van der Waals surface area contributed by atoms with Crippen molar-refractivity contribution in [3.63, 3.8) is 0 Å². The molecule has 1 rings (SSSR count). The van der Waals surface area contributed by atoms with Crippen LogP contribution in [0.5, 0.6) is 0 Å². The fourth-order valence-electron chi connectivity index (χ4n) is 1.07. The Morgan fingerprint density at radius 1 is 1.60 bits per heavy atom. The fraction of sp³-hybridized carbons (Fsp3) is 0.444. The van der Waals surface area contributed by atoms with E-state index < -0.39 is 11.9 Å². The number of aromatic nitrogens is 2. The van der Waals surface area contributed by atoms with Gasteiger partial charge in [-0.25, -0.2) is 4.79 Å². The van der Waals surface area contributed by atoms with Crippen LogP contribution >= 0.6 is 0 Å². The number of aryl methyl sites for hydroxylation is 1. The molecule has 0 aromatic carbocycles. The Labute approximate surface area is 87.2 Å². The predicted molar refractivity (Wildman–Crippen MR) is 51.9 cm³/mol. The second kappa shape index (κ2) is 5.14. The van der Waals surface area contributed by atoms with E-state index in [1.807, 2.05) is 19.3 Å². The zero-order chi connectivity index (χ0) is 11.3. The van der Waals surface area contributed by atoms with Gasteiger partial charge in [-0.15, -0.1) is 0 Å². The molecule has 0 unspecified atom stereocenters. The number of ether oxygens (including phenoxy) is 1. The topological polar surface area (TPSA) is 73.2 Å². The van der Waals surface area contributed by atoms with Crippen molar-refractivity contribution in [2.45, 2.75) is 6.42 Å². The van der Waals surface area contributed by atoms with Crippen molar-refractivity contribution in [2.24, 2.45) is 7.05 Å². The van der Waals surface area contributed by atoms with Crippen LogP contribution in [-0.4, -0.2) is 35.3 Å². The van der Waals surface area contributed by atoms with Gasteiger partial charge in [0.15, 0.2) is 0 Å². The summed E-state index contributed by atoms with van der Waals surface area (Å²) < 4.78 is 5.93. The summed E-state index contributed by atoms with van der Waals surface area (Å²) in [6, 6.07) is 1.85. The lowest BCUT2D eigenvalue weighted by Gasteiger charge is -2.01. The lowest BCUT2D eigenvalue weighted by atomic mass is 10.3. The highest BCUT2D eigenvalue weighted by molar-refractivity contribution is 6.32. The van der Waals surface area contributed by atoms with E-state index in [0.29, 0.717) is 13.0 Å². The van der Waals surface area contributed by atoms with Gasteiger partial charge in [-0.05, 0) is 6.07 Å². The smallest absolute Gasteiger partial charge is 0.396 e. The number of methoxy groups -OCH3 is 1. The second-order valence-corrected chi connectivity index (χ2v) is 2.98. The summed E-state index contributed by atoms with van der Waals surface area (Å²) in [7, 11) is 2.98. The number of rotatable bonds is 3. The van der Waals surface area contributed by atoms with Crippen molar-refractivity contribution in [2.75, 3.05) is 13.7 Å². The van der Waals surface area contributed by atoms with Gasteiger partial charge in [0.1, 0.15) is 0 Å². The quantitative estimate of drug-likeness (QED) is 0.527. The molecule has 0 bridgehead atoms. The molecule has 82 valence electrons. The van der Waals surface area contributed by atoms with Gasteiger partial charge in [-0.2, -0.15) is 5.10 Å². The van der Waals surface area contributed by atoms with E-state index in [9.17, 15) is 9.59 Å². The Hall–Kier alpha value is -1.85. The van der Waals surface area contributed by atoms with Crippen LogP contribution in [0.25, 0.3) is 0 Å². The Bertz CT molecular complexity index is 359. The molecule has 0 saturated carbocycles. The molecule has 1 aromatic rings. The van der Waals surface area contributed by atoms with Gasteiger partial charge in [-0.3, -0.25) is 9.48 Å². The third kappa shape index (κ3) is 3.41. The number of esters is 1.